The zero-order valence-electron chi connectivity index (χ0n) is 12.5. The van der Waals surface area contributed by atoms with E-state index in [1.165, 1.54) is 12.8 Å². The minimum atomic E-state index is 0.419. The number of hydrogen-bond acceptors (Lipinski definition) is 1. The molecule has 0 aromatic heterocycles. The van der Waals surface area contributed by atoms with Gasteiger partial charge in [0, 0.05) is 0 Å². The Morgan fingerprint density at radius 2 is 1.94 bits per heavy atom. The zero-order chi connectivity index (χ0) is 13.6. The molecule has 0 heterocycles. The molecule has 1 nitrogen and oxygen atoms in total. The molecule has 3 unspecified atom stereocenters. The molecule has 1 fully saturated rings. The van der Waals surface area contributed by atoms with Gasteiger partial charge < -0.3 is 0 Å². The fourth-order valence-corrected chi connectivity index (χ4v) is 3.16. The van der Waals surface area contributed by atoms with E-state index in [9.17, 15) is 4.79 Å². The van der Waals surface area contributed by atoms with Gasteiger partial charge in [0.15, 0.2) is 0 Å². The van der Waals surface area contributed by atoms with Crippen LogP contribution in [0.4, 0.5) is 0 Å². The van der Waals surface area contributed by atoms with Gasteiger partial charge in [-0.15, -0.1) is 0 Å². The van der Waals surface area contributed by atoms with Crippen LogP contribution < -0.4 is 0 Å². The Morgan fingerprint density at radius 1 is 1.41 bits per heavy atom. The van der Waals surface area contributed by atoms with Crippen LogP contribution >= 0.6 is 0 Å². The summed E-state index contributed by atoms with van der Waals surface area (Å²) in [7, 11) is 0. The first-order chi connectivity index (χ1) is 7.89. The van der Waals surface area contributed by atoms with Gasteiger partial charge in [0.25, 0.3) is 0 Å². The van der Waals surface area contributed by atoms with Gasteiger partial charge in [-0.3, -0.25) is 4.79 Å². The quantitative estimate of drug-likeness (QED) is 0.504. The average Bonchev–Trinajstić information content (AvgIpc) is 2.56. The lowest BCUT2D eigenvalue weighted by Gasteiger charge is -2.35. The van der Waals surface area contributed by atoms with E-state index >= 15 is 0 Å². The van der Waals surface area contributed by atoms with E-state index in [-0.39, 0.29) is 0 Å². The van der Waals surface area contributed by atoms with Crippen molar-refractivity contribution in [3.05, 3.63) is 12.2 Å². The molecule has 1 saturated carbocycles. The van der Waals surface area contributed by atoms with Crippen molar-refractivity contribution in [3.63, 3.8) is 0 Å². The molecule has 0 amide bonds. The molecule has 0 aromatic rings. The zero-order valence-corrected chi connectivity index (χ0v) is 12.5. The second-order valence-electron chi connectivity index (χ2n) is 5.86. The van der Waals surface area contributed by atoms with Gasteiger partial charge in [0.2, 0.25) is 0 Å². The second kappa shape index (κ2) is 6.98. The van der Waals surface area contributed by atoms with Crippen molar-refractivity contribution < 1.29 is 4.79 Å². The third-order valence-corrected chi connectivity index (χ3v) is 4.57. The lowest BCUT2D eigenvalue weighted by molar-refractivity contribution is -0.105. The van der Waals surface area contributed by atoms with Crippen LogP contribution in [0.2, 0.25) is 0 Å². The number of rotatable bonds is 4. The molecule has 100 valence electrons. The summed E-state index contributed by atoms with van der Waals surface area (Å²) in [6, 6.07) is 0. The van der Waals surface area contributed by atoms with Crippen LogP contribution in [0.25, 0.3) is 0 Å². The number of allylic oxidation sites excluding steroid dienone is 1. The van der Waals surface area contributed by atoms with Crippen LogP contribution in [0, 0.1) is 23.2 Å². The summed E-state index contributed by atoms with van der Waals surface area (Å²) in [5, 5.41) is 0. The Labute approximate surface area is 108 Å². The van der Waals surface area contributed by atoms with E-state index in [2.05, 4.69) is 34.3 Å². The van der Waals surface area contributed by atoms with E-state index in [1.54, 1.807) is 0 Å². The summed E-state index contributed by atoms with van der Waals surface area (Å²) in [6.07, 6.45) is 4.41. The van der Waals surface area contributed by atoms with Crippen LogP contribution in [0.5, 0.6) is 0 Å². The second-order valence-corrected chi connectivity index (χ2v) is 5.86. The maximum atomic E-state index is 10.6. The molecule has 1 aliphatic rings. The monoisotopic (exact) mass is 238 g/mol. The smallest absolute Gasteiger partial charge is 0.145 e. The van der Waals surface area contributed by atoms with Gasteiger partial charge in [-0.2, -0.15) is 0 Å². The molecule has 17 heavy (non-hydrogen) atoms. The predicted octanol–water partition coefficient (Wildman–Crippen LogP) is 4.87. The SMILES string of the molecule is C=C(C=O)CC(C)C1CCC(C)C1(C)C.CC. The fraction of sp³-hybridized carbons (Fsp3) is 0.812. The third-order valence-electron chi connectivity index (χ3n) is 4.57. The minimum Gasteiger partial charge on any atom is -0.298 e. The Bertz CT molecular complexity index is 252. The molecule has 3 atom stereocenters. The Balaban J connectivity index is 0.00000121. The summed E-state index contributed by atoms with van der Waals surface area (Å²) >= 11 is 0. The molecule has 0 aliphatic heterocycles. The fourth-order valence-electron chi connectivity index (χ4n) is 3.16. The van der Waals surface area contributed by atoms with Gasteiger partial charge in [0.05, 0.1) is 0 Å². The molecule has 0 aromatic carbocycles. The molecular formula is C16H30O. The summed E-state index contributed by atoms with van der Waals surface area (Å²) in [5.41, 5.74) is 1.17. The van der Waals surface area contributed by atoms with Crippen molar-refractivity contribution in [2.24, 2.45) is 23.2 Å². The first-order valence-corrected chi connectivity index (χ1v) is 7.02. The number of aldehydes is 1. The number of hydrogen-bond donors (Lipinski definition) is 0. The van der Waals surface area contributed by atoms with Crippen molar-refractivity contribution in [1.82, 2.24) is 0 Å². The Kier molecular flexibility index (Phi) is 6.74. The molecule has 0 N–H and O–H groups in total. The lowest BCUT2D eigenvalue weighted by Crippen LogP contribution is -2.28. The highest BCUT2D eigenvalue weighted by Crippen LogP contribution is 2.51. The van der Waals surface area contributed by atoms with Crippen LogP contribution in [-0.4, -0.2) is 6.29 Å². The highest BCUT2D eigenvalue weighted by Gasteiger charge is 2.42. The molecule has 0 bridgehead atoms. The Hall–Kier alpha value is -0.590. The topological polar surface area (TPSA) is 17.1 Å². The summed E-state index contributed by atoms with van der Waals surface area (Å²) in [6.45, 7) is 17.1. The maximum Gasteiger partial charge on any atom is 0.145 e. The molecule has 1 rings (SSSR count). The lowest BCUT2D eigenvalue weighted by atomic mass is 9.70. The van der Waals surface area contributed by atoms with Crippen LogP contribution in [0.15, 0.2) is 12.2 Å². The van der Waals surface area contributed by atoms with Gasteiger partial charge in [0.1, 0.15) is 6.29 Å². The third kappa shape index (κ3) is 3.97. The van der Waals surface area contributed by atoms with Crippen LogP contribution in [0.1, 0.15) is 60.8 Å². The standard InChI is InChI=1S/C14H24O.C2H6/c1-10(9-15)8-11(2)13-7-6-12(3)14(13,4)5;1-2/h9,11-13H,1,6-8H2,2-5H3;1-2H3. The molecular weight excluding hydrogens is 208 g/mol. The molecule has 1 heteroatoms. The summed E-state index contributed by atoms with van der Waals surface area (Å²) in [4.78, 5) is 10.6. The van der Waals surface area contributed by atoms with Gasteiger partial charge in [-0.1, -0.05) is 48.1 Å². The first-order valence-electron chi connectivity index (χ1n) is 7.02. The van der Waals surface area contributed by atoms with Crippen LogP contribution in [-0.2, 0) is 4.79 Å². The van der Waals surface area contributed by atoms with Crippen LogP contribution in [0.3, 0.4) is 0 Å². The molecule has 1 aliphatic carbocycles. The average molecular weight is 238 g/mol. The van der Waals surface area contributed by atoms with Gasteiger partial charge >= 0.3 is 0 Å². The normalized spacial score (nSPS) is 27.9. The van der Waals surface area contributed by atoms with Crippen molar-refractivity contribution in [2.45, 2.75) is 60.8 Å². The van der Waals surface area contributed by atoms with Crippen molar-refractivity contribution in [3.8, 4) is 0 Å². The summed E-state index contributed by atoms with van der Waals surface area (Å²) in [5.74, 6) is 2.13. The molecule has 0 saturated heterocycles. The highest BCUT2D eigenvalue weighted by molar-refractivity contribution is 5.71. The van der Waals surface area contributed by atoms with E-state index in [1.807, 2.05) is 13.8 Å². The summed E-state index contributed by atoms with van der Waals surface area (Å²) < 4.78 is 0. The van der Waals surface area contributed by atoms with E-state index in [0.717, 1.165) is 30.1 Å². The van der Waals surface area contributed by atoms with Gasteiger partial charge in [-0.25, -0.2) is 0 Å². The van der Waals surface area contributed by atoms with Gasteiger partial charge in [-0.05, 0) is 48.0 Å². The predicted molar refractivity (Wildman–Crippen MR) is 76.0 cm³/mol. The van der Waals surface area contributed by atoms with Crippen molar-refractivity contribution in [1.29, 1.82) is 0 Å². The Morgan fingerprint density at radius 3 is 2.29 bits per heavy atom. The number of carbonyl (C=O) groups is 1. The molecule has 0 spiro atoms. The van der Waals surface area contributed by atoms with E-state index in [0.29, 0.717) is 11.3 Å². The van der Waals surface area contributed by atoms with Crippen molar-refractivity contribution in [2.75, 3.05) is 0 Å². The largest absolute Gasteiger partial charge is 0.298 e. The molecule has 0 radical (unpaired) electrons. The van der Waals surface area contributed by atoms with Crippen molar-refractivity contribution >= 4 is 6.29 Å². The minimum absolute atomic E-state index is 0.419. The maximum absolute atomic E-state index is 10.6. The number of carbonyl (C=O) groups excluding carboxylic acids is 1. The van der Waals surface area contributed by atoms with E-state index in [4.69, 9.17) is 0 Å². The highest BCUT2D eigenvalue weighted by atomic mass is 16.1. The van der Waals surface area contributed by atoms with E-state index < -0.39 is 0 Å². The first kappa shape index (κ1) is 16.4.